The number of nitrogens with zero attached hydrogens (tertiary/aromatic N) is 1. The fourth-order valence-corrected chi connectivity index (χ4v) is 3.11. The highest BCUT2D eigenvalue weighted by molar-refractivity contribution is 9.11. The third-order valence-electron chi connectivity index (χ3n) is 2.73. The molecule has 1 aromatic heterocycles. The SMILES string of the molecule is CN(CCC1CNCCO1)c1ccc(Br)s1. The van der Waals surface area contributed by atoms with E-state index in [0.717, 1.165) is 32.7 Å². The summed E-state index contributed by atoms with van der Waals surface area (Å²) < 4.78 is 6.86. The van der Waals surface area contributed by atoms with Crippen LogP contribution in [-0.2, 0) is 4.74 Å². The Balaban J connectivity index is 1.76. The number of nitrogens with one attached hydrogen (secondary N) is 1. The van der Waals surface area contributed by atoms with Gasteiger partial charge in [0.15, 0.2) is 0 Å². The molecule has 1 unspecified atom stereocenters. The van der Waals surface area contributed by atoms with Crippen molar-refractivity contribution < 1.29 is 4.74 Å². The average Bonchev–Trinajstić information content (AvgIpc) is 2.74. The molecule has 1 atom stereocenters. The molecular formula is C11H17BrN2OS. The summed E-state index contributed by atoms with van der Waals surface area (Å²) in [5.41, 5.74) is 0. The second kappa shape index (κ2) is 6.00. The van der Waals surface area contributed by atoms with Crippen LogP contribution in [0, 0.1) is 0 Å². The lowest BCUT2D eigenvalue weighted by Gasteiger charge is -2.26. The second-order valence-electron chi connectivity index (χ2n) is 3.98. The van der Waals surface area contributed by atoms with Crippen LogP contribution in [0.15, 0.2) is 15.9 Å². The first-order valence-electron chi connectivity index (χ1n) is 5.54. The number of morpholine rings is 1. The van der Waals surface area contributed by atoms with Crippen molar-refractivity contribution in [1.82, 2.24) is 5.32 Å². The Labute approximate surface area is 109 Å². The summed E-state index contributed by atoms with van der Waals surface area (Å²) in [5.74, 6) is 0. The predicted molar refractivity (Wildman–Crippen MR) is 72.5 cm³/mol. The number of hydrogen-bond acceptors (Lipinski definition) is 4. The van der Waals surface area contributed by atoms with E-state index in [9.17, 15) is 0 Å². The summed E-state index contributed by atoms with van der Waals surface area (Å²) in [5, 5.41) is 4.66. The van der Waals surface area contributed by atoms with Crippen molar-refractivity contribution in [2.75, 3.05) is 38.2 Å². The van der Waals surface area contributed by atoms with Crippen LogP contribution in [0.25, 0.3) is 0 Å². The van der Waals surface area contributed by atoms with Gasteiger partial charge in [0.2, 0.25) is 0 Å². The van der Waals surface area contributed by atoms with Gasteiger partial charge in [-0.2, -0.15) is 0 Å². The van der Waals surface area contributed by atoms with Crippen molar-refractivity contribution in [3.63, 3.8) is 0 Å². The molecular weight excluding hydrogens is 288 g/mol. The van der Waals surface area contributed by atoms with E-state index in [1.807, 2.05) is 0 Å². The van der Waals surface area contributed by atoms with E-state index in [0.29, 0.717) is 6.10 Å². The summed E-state index contributed by atoms with van der Waals surface area (Å²) in [4.78, 5) is 2.29. The molecule has 0 saturated carbocycles. The highest BCUT2D eigenvalue weighted by Gasteiger charge is 2.14. The minimum Gasteiger partial charge on any atom is -0.376 e. The van der Waals surface area contributed by atoms with Gasteiger partial charge in [0.05, 0.1) is 21.5 Å². The zero-order valence-electron chi connectivity index (χ0n) is 9.41. The lowest BCUT2D eigenvalue weighted by Crippen LogP contribution is -2.40. The van der Waals surface area contributed by atoms with Gasteiger partial charge in [0, 0.05) is 26.7 Å². The van der Waals surface area contributed by atoms with E-state index < -0.39 is 0 Å². The summed E-state index contributed by atoms with van der Waals surface area (Å²) in [6.45, 7) is 3.87. The standard InChI is InChI=1S/C11H17BrN2OS/c1-14(11-3-2-10(12)16-11)6-4-9-8-13-5-7-15-9/h2-3,9,13H,4-8H2,1H3. The van der Waals surface area contributed by atoms with Gasteiger partial charge in [-0.05, 0) is 34.5 Å². The normalized spacial score (nSPS) is 21.0. The molecule has 5 heteroatoms. The topological polar surface area (TPSA) is 24.5 Å². The van der Waals surface area contributed by atoms with Crippen LogP contribution in [0.3, 0.4) is 0 Å². The zero-order chi connectivity index (χ0) is 11.4. The molecule has 0 aliphatic carbocycles. The molecule has 1 saturated heterocycles. The van der Waals surface area contributed by atoms with Gasteiger partial charge in [-0.15, -0.1) is 11.3 Å². The summed E-state index contributed by atoms with van der Waals surface area (Å²) in [7, 11) is 2.13. The Bertz CT molecular complexity index is 326. The van der Waals surface area contributed by atoms with Crippen molar-refractivity contribution >= 4 is 32.3 Å². The van der Waals surface area contributed by atoms with Gasteiger partial charge >= 0.3 is 0 Å². The predicted octanol–water partition coefficient (Wildman–Crippen LogP) is 2.33. The first-order chi connectivity index (χ1) is 7.75. The number of thiophene rings is 1. The van der Waals surface area contributed by atoms with E-state index in [1.165, 1.54) is 8.79 Å². The Morgan fingerprint density at radius 1 is 1.62 bits per heavy atom. The zero-order valence-corrected chi connectivity index (χ0v) is 11.8. The van der Waals surface area contributed by atoms with E-state index in [2.05, 4.69) is 45.3 Å². The van der Waals surface area contributed by atoms with E-state index in [1.54, 1.807) is 11.3 Å². The Kier molecular flexibility index (Phi) is 4.64. The Morgan fingerprint density at radius 2 is 2.50 bits per heavy atom. The van der Waals surface area contributed by atoms with Crippen LogP contribution in [0.4, 0.5) is 5.00 Å². The molecule has 90 valence electrons. The maximum atomic E-state index is 5.67. The van der Waals surface area contributed by atoms with E-state index in [-0.39, 0.29) is 0 Å². The van der Waals surface area contributed by atoms with Crippen molar-refractivity contribution in [2.45, 2.75) is 12.5 Å². The van der Waals surface area contributed by atoms with Gasteiger partial charge in [-0.3, -0.25) is 0 Å². The van der Waals surface area contributed by atoms with Crippen LogP contribution in [0.1, 0.15) is 6.42 Å². The molecule has 2 rings (SSSR count). The molecule has 0 amide bonds. The molecule has 1 N–H and O–H groups in total. The average molecular weight is 305 g/mol. The molecule has 3 nitrogen and oxygen atoms in total. The summed E-state index contributed by atoms with van der Waals surface area (Å²) >= 11 is 5.25. The molecule has 1 fully saturated rings. The number of halogens is 1. The molecule has 0 radical (unpaired) electrons. The fourth-order valence-electron chi connectivity index (χ4n) is 1.76. The third-order valence-corrected chi connectivity index (χ3v) is 4.46. The number of hydrogen-bond donors (Lipinski definition) is 1. The van der Waals surface area contributed by atoms with Crippen molar-refractivity contribution in [1.29, 1.82) is 0 Å². The fraction of sp³-hybridized carbons (Fsp3) is 0.636. The van der Waals surface area contributed by atoms with Crippen LogP contribution in [0.2, 0.25) is 0 Å². The van der Waals surface area contributed by atoms with Crippen LogP contribution < -0.4 is 10.2 Å². The third kappa shape index (κ3) is 3.45. The number of rotatable bonds is 4. The smallest absolute Gasteiger partial charge is 0.0917 e. The van der Waals surface area contributed by atoms with Gasteiger partial charge in [0.25, 0.3) is 0 Å². The highest BCUT2D eigenvalue weighted by Crippen LogP contribution is 2.29. The quantitative estimate of drug-likeness (QED) is 0.924. The lowest BCUT2D eigenvalue weighted by atomic mass is 10.2. The molecule has 0 spiro atoms. The second-order valence-corrected chi connectivity index (χ2v) is 6.43. The molecule has 0 aromatic carbocycles. The minimum atomic E-state index is 0.375. The maximum absolute atomic E-state index is 5.67. The first kappa shape index (κ1) is 12.4. The van der Waals surface area contributed by atoms with Gasteiger partial charge < -0.3 is 15.0 Å². The Morgan fingerprint density at radius 3 is 3.12 bits per heavy atom. The van der Waals surface area contributed by atoms with Crippen LogP contribution in [0.5, 0.6) is 0 Å². The van der Waals surface area contributed by atoms with Crippen LogP contribution in [-0.4, -0.2) is 39.4 Å². The largest absolute Gasteiger partial charge is 0.376 e. The van der Waals surface area contributed by atoms with E-state index in [4.69, 9.17) is 4.74 Å². The number of ether oxygens (including phenoxy) is 1. The van der Waals surface area contributed by atoms with Gasteiger partial charge in [-0.1, -0.05) is 0 Å². The van der Waals surface area contributed by atoms with Crippen molar-refractivity contribution in [3.05, 3.63) is 15.9 Å². The van der Waals surface area contributed by atoms with Crippen LogP contribution >= 0.6 is 27.3 Å². The minimum absolute atomic E-state index is 0.375. The first-order valence-corrected chi connectivity index (χ1v) is 7.15. The molecule has 1 aliphatic heterocycles. The molecule has 16 heavy (non-hydrogen) atoms. The van der Waals surface area contributed by atoms with Crippen molar-refractivity contribution in [3.8, 4) is 0 Å². The lowest BCUT2D eigenvalue weighted by molar-refractivity contribution is 0.0250. The van der Waals surface area contributed by atoms with E-state index >= 15 is 0 Å². The van der Waals surface area contributed by atoms with Gasteiger partial charge in [-0.25, -0.2) is 0 Å². The summed E-state index contributed by atoms with van der Waals surface area (Å²) in [6.07, 6.45) is 1.46. The molecule has 2 heterocycles. The number of anilines is 1. The highest BCUT2D eigenvalue weighted by atomic mass is 79.9. The monoisotopic (exact) mass is 304 g/mol. The van der Waals surface area contributed by atoms with Crippen molar-refractivity contribution in [2.24, 2.45) is 0 Å². The van der Waals surface area contributed by atoms with Gasteiger partial charge in [0.1, 0.15) is 0 Å². The summed E-state index contributed by atoms with van der Waals surface area (Å²) in [6, 6.07) is 4.24. The molecule has 1 aliphatic rings. The molecule has 1 aromatic rings. The Hall–Kier alpha value is -0.100. The molecule has 0 bridgehead atoms. The maximum Gasteiger partial charge on any atom is 0.0917 e.